The quantitative estimate of drug-likeness (QED) is 0.217. The minimum Gasteiger partial charge on any atom is -0.323 e. The maximum absolute atomic E-state index is 4.69. The van der Waals surface area contributed by atoms with Gasteiger partial charge in [-0.15, -0.1) is 11.8 Å². The van der Waals surface area contributed by atoms with Crippen LogP contribution in [0.5, 0.6) is 0 Å². The first-order chi connectivity index (χ1) is 2.41. The molecule has 0 amide bonds. The summed E-state index contributed by atoms with van der Waals surface area (Å²) < 4.78 is 0. The van der Waals surface area contributed by atoms with Crippen LogP contribution in [0.25, 0.3) is 0 Å². The van der Waals surface area contributed by atoms with Gasteiger partial charge in [0.2, 0.25) is 0 Å². The molecular weight excluding hydrogens is 84.1 g/mol. The Labute approximate surface area is 35.4 Å². The molecule has 0 aliphatic carbocycles. The average Bonchev–Trinajstić information content (AvgIpc) is 1.41. The van der Waals surface area contributed by atoms with Crippen LogP contribution in [0, 0.1) is 0 Å². The minimum atomic E-state index is 1.48. The molecule has 0 bridgehead atoms. The van der Waals surface area contributed by atoms with Gasteiger partial charge in [0, 0.05) is 0 Å². The van der Waals surface area contributed by atoms with Crippen molar-refractivity contribution in [1.82, 2.24) is 0 Å². The lowest BCUT2D eigenvalue weighted by Gasteiger charge is -1.66. The average molecular weight is 90.2 g/mol. The molecule has 0 aromatic rings. The molecule has 0 radical (unpaired) electrons. The summed E-state index contributed by atoms with van der Waals surface area (Å²) in [6.45, 7) is 0. The predicted molar refractivity (Wildman–Crippen MR) is 26.2 cm³/mol. The smallest absolute Gasteiger partial charge is 0.0792 e. The summed E-state index contributed by atoms with van der Waals surface area (Å²) in [5.41, 5.74) is 1.57. The van der Waals surface area contributed by atoms with E-state index in [4.69, 9.17) is 0 Å². The molecule has 0 spiro atoms. The van der Waals surface area contributed by atoms with E-state index in [1.807, 2.05) is 6.26 Å². The molecule has 2 nitrogen and oxygen atoms in total. The van der Waals surface area contributed by atoms with Crippen LogP contribution in [0.1, 0.15) is 0 Å². The first-order valence-corrected chi connectivity index (χ1v) is 2.45. The lowest BCUT2D eigenvalue weighted by Crippen LogP contribution is -1.75. The molecular formula is C2H6N2S. The third-order valence-corrected chi connectivity index (χ3v) is 0.499. The monoisotopic (exact) mass is 90.0 g/mol. The van der Waals surface area contributed by atoms with E-state index in [0.717, 1.165) is 0 Å². The summed E-state index contributed by atoms with van der Waals surface area (Å²) >= 11 is 1.48. The van der Waals surface area contributed by atoms with E-state index >= 15 is 0 Å². The largest absolute Gasteiger partial charge is 0.323 e. The lowest BCUT2D eigenvalue weighted by atomic mass is 11.7. The Morgan fingerprint density at radius 2 is 2.60 bits per heavy atom. The molecule has 0 heterocycles. The molecule has 0 atom stereocenters. The lowest BCUT2D eigenvalue weighted by molar-refractivity contribution is 1.27. The van der Waals surface area contributed by atoms with Crippen molar-refractivity contribution >= 4 is 17.3 Å². The van der Waals surface area contributed by atoms with Gasteiger partial charge in [0.25, 0.3) is 0 Å². The first-order valence-electron chi connectivity index (χ1n) is 1.16. The summed E-state index contributed by atoms with van der Waals surface area (Å²) in [6, 6.07) is 0. The van der Waals surface area contributed by atoms with Gasteiger partial charge < -0.3 is 5.84 Å². The summed E-state index contributed by atoms with van der Waals surface area (Å²) in [5.74, 6) is 4.69. The van der Waals surface area contributed by atoms with E-state index in [0.29, 0.717) is 0 Å². The maximum Gasteiger partial charge on any atom is 0.0792 e. The van der Waals surface area contributed by atoms with Crippen LogP contribution >= 0.6 is 11.8 Å². The summed E-state index contributed by atoms with van der Waals surface area (Å²) in [5, 5.41) is 3.19. The molecule has 30 valence electrons. The van der Waals surface area contributed by atoms with E-state index < -0.39 is 0 Å². The number of thioether (sulfide) groups is 1. The maximum atomic E-state index is 4.69. The van der Waals surface area contributed by atoms with Gasteiger partial charge in [-0.3, -0.25) is 0 Å². The Kier molecular flexibility index (Phi) is 3.68. The minimum absolute atomic E-state index is 1.48. The number of nitrogens with two attached hydrogens (primary N) is 1. The van der Waals surface area contributed by atoms with Crippen LogP contribution in [0.4, 0.5) is 0 Å². The van der Waals surface area contributed by atoms with E-state index in [-0.39, 0.29) is 0 Å². The van der Waals surface area contributed by atoms with Crippen molar-refractivity contribution in [1.29, 1.82) is 0 Å². The number of rotatable bonds is 1. The van der Waals surface area contributed by atoms with E-state index in [1.54, 1.807) is 5.55 Å². The van der Waals surface area contributed by atoms with Crippen molar-refractivity contribution in [3.8, 4) is 0 Å². The van der Waals surface area contributed by atoms with E-state index in [2.05, 4.69) is 10.9 Å². The van der Waals surface area contributed by atoms with Crippen LogP contribution < -0.4 is 5.84 Å². The molecule has 3 heteroatoms. The van der Waals surface area contributed by atoms with Crippen molar-refractivity contribution in [3.63, 3.8) is 0 Å². The molecule has 2 N–H and O–H groups in total. The van der Waals surface area contributed by atoms with Gasteiger partial charge in [-0.25, -0.2) is 0 Å². The predicted octanol–water partition coefficient (Wildman–Crippen LogP) is 0.251. The van der Waals surface area contributed by atoms with Crippen LogP contribution in [0.3, 0.4) is 0 Å². The van der Waals surface area contributed by atoms with E-state index in [1.165, 1.54) is 11.8 Å². The van der Waals surface area contributed by atoms with Crippen LogP contribution in [-0.4, -0.2) is 11.8 Å². The zero-order valence-electron chi connectivity index (χ0n) is 3.01. The molecule has 0 aliphatic heterocycles. The fourth-order valence-corrected chi connectivity index (χ4v) is 0.183. The van der Waals surface area contributed by atoms with Crippen molar-refractivity contribution < 1.29 is 0 Å². The zero-order chi connectivity index (χ0) is 4.12. The van der Waals surface area contributed by atoms with Gasteiger partial charge >= 0.3 is 0 Å². The van der Waals surface area contributed by atoms with Gasteiger partial charge in [-0.1, -0.05) is 0 Å². The molecule has 0 fully saturated rings. The number of nitrogens with zero attached hydrogens (tertiary/aromatic N) is 1. The highest BCUT2D eigenvalue weighted by atomic mass is 32.2. The van der Waals surface area contributed by atoms with Crippen LogP contribution in [0.2, 0.25) is 0 Å². The Morgan fingerprint density at radius 1 is 2.00 bits per heavy atom. The van der Waals surface area contributed by atoms with Gasteiger partial charge in [-0.05, 0) is 6.26 Å². The second-order valence-electron chi connectivity index (χ2n) is 0.490. The third kappa shape index (κ3) is 3.82. The topological polar surface area (TPSA) is 38.4 Å². The van der Waals surface area contributed by atoms with Gasteiger partial charge in [0.05, 0.1) is 5.55 Å². The van der Waals surface area contributed by atoms with Crippen LogP contribution in [-0.2, 0) is 0 Å². The van der Waals surface area contributed by atoms with Crippen molar-refractivity contribution in [3.05, 3.63) is 0 Å². The fourth-order valence-electron chi connectivity index (χ4n) is 0.0609. The fraction of sp³-hybridized carbons (Fsp3) is 0.500. The Hall–Kier alpha value is -0.180. The molecule has 0 aromatic heterocycles. The summed E-state index contributed by atoms with van der Waals surface area (Å²) in [7, 11) is 0. The molecule has 0 unspecified atom stereocenters. The third-order valence-electron chi connectivity index (χ3n) is 0.166. The highest BCUT2D eigenvalue weighted by molar-refractivity contribution is 8.11. The second kappa shape index (κ2) is 3.82. The molecule has 0 saturated heterocycles. The Bertz CT molecular complexity index is 34.6. The first kappa shape index (κ1) is 4.82. The normalized spacial score (nSPS) is 9.80. The van der Waals surface area contributed by atoms with Crippen molar-refractivity contribution in [2.75, 3.05) is 6.26 Å². The molecule has 5 heavy (non-hydrogen) atoms. The van der Waals surface area contributed by atoms with Crippen LogP contribution in [0.15, 0.2) is 5.10 Å². The second-order valence-corrected chi connectivity index (χ2v) is 1.17. The summed E-state index contributed by atoms with van der Waals surface area (Å²) in [4.78, 5) is 0. The van der Waals surface area contributed by atoms with Crippen molar-refractivity contribution in [2.24, 2.45) is 10.9 Å². The van der Waals surface area contributed by atoms with Gasteiger partial charge in [0.1, 0.15) is 0 Å². The number of hydrazone groups is 1. The standard InChI is InChI=1S/C2H6N2S/c1-5-2-4-3/h2H,3H2,1H3/b4-2-. The number of hydrogen-bond acceptors (Lipinski definition) is 3. The summed E-state index contributed by atoms with van der Waals surface area (Å²) in [6.07, 6.45) is 1.90. The zero-order valence-corrected chi connectivity index (χ0v) is 3.83. The Balaban J connectivity index is 2.62. The van der Waals surface area contributed by atoms with E-state index in [9.17, 15) is 0 Å². The Morgan fingerprint density at radius 3 is 2.60 bits per heavy atom. The SMILES string of the molecule is CS/C=N\N. The van der Waals surface area contributed by atoms with Gasteiger partial charge in [-0.2, -0.15) is 5.10 Å². The molecule has 0 aliphatic rings. The molecule has 0 aromatic carbocycles. The number of hydrogen-bond donors (Lipinski definition) is 1. The van der Waals surface area contributed by atoms with Crippen molar-refractivity contribution in [2.45, 2.75) is 0 Å². The molecule has 0 rings (SSSR count). The highest BCUT2D eigenvalue weighted by Crippen LogP contribution is 1.77. The molecule has 0 saturated carbocycles. The highest BCUT2D eigenvalue weighted by Gasteiger charge is 1.52. The van der Waals surface area contributed by atoms with Gasteiger partial charge in [0.15, 0.2) is 0 Å².